The zero-order chi connectivity index (χ0) is 21.4. The summed E-state index contributed by atoms with van der Waals surface area (Å²) in [6.45, 7) is 0.501. The summed E-state index contributed by atoms with van der Waals surface area (Å²) < 4.78 is 11.9. The first-order valence-electron chi connectivity index (χ1n) is 9.66. The van der Waals surface area contributed by atoms with Gasteiger partial charge in [-0.25, -0.2) is 0 Å². The Morgan fingerprint density at radius 2 is 1.94 bits per heavy atom. The molecule has 2 atom stereocenters. The molecule has 0 amide bonds. The van der Waals surface area contributed by atoms with Gasteiger partial charge in [-0.05, 0) is 60.7 Å². The number of pyridine rings is 1. The van der Waals surface area contributed by atoms with Crippen LogP contribution in [0.15, 0.2) is 82.0 Å². The highest BCUT2D eigenvalue weighted by Gasteiger charge is 2.42. The van der Waals surface area contributed by atoms with E-state index in [1.165, 1.54) is 0 Å². The summed E-state index contributed by atoms with van der Waals surface area (Å²) in [4.78, 5) is 6.59. The summed E-state index contributed by atoms with van der Waals surface area (Å²) in [5, 5.41) is 4.94. The van der Waals surface area contributed by atoms with Crippen LogP contribution in [0.5, 0.6) is 0 Å². The number of hydrogen-bond donors (Lipinski definition) is 1. The zero-order valence-corrected chi connectivity index (χ0v) is 18.5. The molecular formula is C23H17Cl2N3O2S. The number of nitrogens with one attached hydrogen (secondary N) is 1. The lowest BCUT2D eigenvalue weighted by Gasteiger charge is -2.25. The number of nitrogens with zero attached hydrogens (tertiary/aromatic N) is 2. The molecule has 1 aliphatic heterocycles. The first-order valence-corrected chi connectivity index (χ1v) is 10.8. The molecule has 0 aliphatic carbocycles. The van der Waals surface area contributed by atoms with Crippen LogP contribution >= 0.6 is 35.4 Å². The lowest BCUT2D eigenvalue weighted by Crippen LogP contribution is -2.28. The fraction of sp³-hybridized carbons (Fsp3) is 0.130. The highest BCUT2D eigenvalue weighted by Crippen LogP contribution is 2.42. The average Bonchev–Trinajstić information content (AvgIpc) is 3.52. The van der Waals surface area contributed by atoms with E-state index in [0.717, 1.165) is 22.8 Å². The first-order chi connectivity index (χ1) is 15.1. The van der Waals surface area contributed by atoms with E-state index in [4.69, 9.17) is 44.3 Å². The van der Waals surface area contributed by atoms with Gasteiger partial charge in [0.2, 0.25) is 0 Å². The van der Waals surface area contributed by atoms with Gasteiger partial charge in [0.1, 0.15) is 23.3 Å². The van der Waals surface area contributed by atoms with Crippen molar-refractivity contribution in [2.45, 2.75) is 18.6 Å². The number of thiocarbonyl (C=S) groups is 1. The fourth-order valence-corrected chi connectivity index (χ4v) is 4.50. The largest absolute Gasteiger partial charge is 0.467 e. The first kappa shape index (κ1) is 20.1. The van der Waals surface area contributed by atoms with E-state index >= 15 is 0 Å². The molecule has 1 saturated heterocycles. The minimum absolute atomic E-state index is 0.183. The van der Waals surface area contributed by atoms with E-state index < -0.39 is 0 Å². The zero-order valence-electron chi connectivity index (χ0n) is 16.2. The van der Waals surface area contributed by atoms with Crippen LogP contribution in [0.1, 0.15) is 29.3 Å². The predicted octanol–water partition coefficient (Wildman–Crippen LogP) is 6.41. The van der Waals surface area contributed by atoms with Gasteiger partial charge in [-0.1, -0.05) is 35.3 Å². The van der Waals surface area contributed by atoms with Crippen molar-refractivity contribution in [1.82, 2.24) is 15.2 Å². The van der Waals surface area contributed by atoms with Gasteiger partial charge in [0.25, 0.3) is 0 Å². The third kappa shape index (κ3) is 3.83. The van der Waals surface area contributed by atoms with Crippen LogP contribution in [0, 0.1) is 0 Å². The molecule has 1 aliphatic rings. The van der Waals surface area contributed by atoms with Crippen molar-refractivity contribution < 1.29 is 8.83 Å². The Balaban J connectivity index is 1.56. The highest BCUT2D eigenvalue weighted by molar-refractivity contribution is 7.80. The summed E-state index contributed by atoms with van der Waals surface area (Å²) in [6.07, 6.45) is 3.42. The molecule has 31 heavy (non-hydrogen) atoms. The molecule has 3 aromatic heterocycles. The van der Waals surface area contributed by atoms with Crippen LogP contribution in [0.2, 0.25) is 10.0 Å². The number of halogens is 2. The minimum Gasteiger partial charge on any atom is -0.467 e. The van der Waals surface area contributed by atoms with Gasteiger partial charge in [0, 0.05) is 11.8 Å². The minimum atomic E-state index is -0.223. The van der Waals surface area contributed by atoms with Crippen molar-refractivity contribution in [3.63, 3.8) is 0 Å². The van der Waals surface area contributed by atoms with Gasteiger partial charge in [0.05, 0.1) is 34.6 Å². The van der Waals surface area contributed by atoms with Crippen LogP contribution < -0.4 is 5.32 Å². The van der Waals surface area contributed by atoms with Crippen LogP contribution in [-0.2, 0) is 6.54 Å². The second-order valence-electron chi connectivity index (χ2n) is 7.14. The van der Waals surface area contributed by atoms with Crippen molar-refractivity contribution in [1.29, 1.82) is 0 Å². The van der Waals surface area contributed by atoms with Crippen molar-refractivity contribution in [3.05, 3.63) is 100 Å². The Hall–Kier alpha value is -2.80. The molecule has 1 aromatic carbocycles. The molecular weight excluding hydrogens is 453 g/mol. The number of hydrogen-bond acceptors (Lipinski definition) is 4. The SMILES string of the molecule is S=C1NC(c2ccccn2)C(c2ccc(-c3cccc(Cl)c3Cl)o2)N1Cc1ccco1. The molecule has 4 aromatic rings. The Bertz CT molecular complexity index is 1210. The topological polar surface area (TPSA) is 54.4 Å². The molecule has 0 saturated carbocycles. The van der Waals surface area contributed by atoms with Gasteiger partial charge in [-0.15, -0.1) is 0 Å². The van der Waals surface area contributed by atoms with Crippen molar-refractivity contribution in [2.24, 2.45) is 0 Å². The van der Waals surface area contributed by atoms with E-state index in [1.54, 1.807) is 18.5 Å². The van der Waals surface area contributed by atoms with Crippen LogP contribution in [0.4, 0.5) is 0 Å². The summed E-state index contributed by atoms with van der Waals surface area (Å²) in [6, 6.07) is 18.5. The van der Waals surface area contributed by atoms with E-state index in [2.05, 4.69) is 15.2 Å². The molecule has 1 N–H and O–H groups in total. The lowest BCUT2D eigenvalue weighted by atomic mass is 10.0. The van der Waals surface area contributed by atoms with Gasteiger partial charge in [0.15, 0.2) is 5.11 Å². The van der Waals surface area contributed by atoms with Crippen molar-refractivity contribution in [2.75, 3.05) is 0 Å². The quantitative estimate of drug-likeness (QED) is 0.340. The van der Waals surface area contributed by atoms with Gasteiger partial charge in [-0.3, -0.25) is 4.98 Å². The van der Waals surface area contributed by atoms with E-state index in [9.17, 15) is 0 Å². The second kappa shape index (κ2) is 8.38. The Kier molecular flexibility index (Phi) is 5.44. The smallest absolute Gasteiger partial charge is 0.170 e. The highest BCUT2D eigenvalue weighted by atomic mass is 35.5. The maximum absolute atomic E-state index is 6.41. The summed E-state index contributed by atoms with van der Waals surface area (Å²) >= 11 is 18.3. The Morgan fingerprint density at radius 1 is 1.03 bits per heavy atom. The maximum atomic E-state index is 6.41. The average molecular weight is 470 g/mol. The normalized spacial score (nSPS) is 18.4. The Labute approximate surface area is 194 Å². The third-order valence-electron chi connectivity index (χ3n) is 5.24. The molecule has 0 radical (unpaired) electrons. The summed E-state index contributed by atoms with van der Waals surface area (Å²) in [5.74, 6) is 2.18. The number of furan rings is 2. The van der Waals surface area contributed by atoms with Gasteiger partial charge in [-0.2, -0.15) is 0 Å². The number of aromatic nitrogens is 1. The molecule has 4 heterocycles. The molecule has 8 heteroatoms. The summed E-state index contributed by atoms with van der Waals surface area (Å²) in [7, 11) is 0. The standard InChI is InChI=1S/C23H17Cl2N3O2S/c24-16-7-3-6-15(20(16)25)18-9-10-19(30-18)22-21(17-8-1-2-11-26-17)27-23(31)28(22)13-14-5-4-12-29-14/h1-12,21-22H,13H2,(H,27,31). The van der Waals surface area contributed by atoms with E-state index in [1.807, 2.05) is 54.6 Å². The fourth-order valence-electron chi connectivity index (χ4n) is 3.81. The van der Waals surface area contributed by atoms with Crippen LogP contribution in [0.25, 0.3) is 11.3 Å². The monoisotopic (exact) mass is 469 g/mol. The third-order valence-corrected chi connectivity index (χ3v) is 6.41. The molecule has 5 rings (SSSR count). The summed E-state index contributed by atoms with van der Waals surface area (Å²) in [5.41, 5.74) is 1.61. The van der Waals surface area contributed by atoms with Crippen LogP contribution in [-0.4, -0.2) is 15.0 Å². The van der Waals surface area contributed by atoms with Crippen molar-refractivity contribution >= 4 is 40.5 Å². The molecule has 5 nitrogen and oxygen atoms in total. The van der Waals surface area contributed by atoms with E-state index in [-0.39, 0.29) is 12.1 Å². The molecule has 156 valence electrons. The molecule has 0 bridgehead atoms. The lowest BCUT2D eigenvalue weighted by molar-refractivity contribution is 0.253. The van der Waals surface area contributed by atoms with Gasteiger partial charge >= 0.3 is 0 Å². The second-order valence-corrected chi connectivity index (χ2v) is 8.31. The molecule has 1 fully saturated rings. The Morgan fingerprint density at radius 3 is 2.71 bits per heavy atom. The number of benzene rings is 1. The molecule has 0 spiro atoms. The molecule has 2 unspecified atom stereocenters. The van der Waals surface area contributed by atoms with E-state index in [0.29, 0.717) is 27.5 Å². The van der Waals surface area contributed by atoms with Crippen LogP contribution in [0.3, 0.4) is 0 Å². The maximum Gasteiger partial charge on any atom is 0.170 e. The predicted molar refractivity (Wildman–Crippen MR) is 124 cm³/mol. The van der Waals surface area contributed by atoms with Crippen molar-refractivity contribution in [3.8, 4) is 11.3 Å². The van der Waals surface area contributed by atoms with Gasteiger partial charge < -0.3 is 19.1 Å². The number of rotatable bonds is 5.